The molecule has 0 heterocycles. The normalized spacial score (nSPS) is 8.40. The summed E-state index contributed by atoms with van der Waals surface area (Å²) in [5.41, 5.74) is 0. The molecule has 2 nitrogen and oxygen atoms in total. The zero-order valence-electron chi connectivity index (χ0n) is 7.83. The van der Waals surface area contributed by atoms with Gasteiger partial charge in [0.2, 0.25) is 0 Å². The van der Waals surface area contributed by atoms with Crippen LogP contribution in [0, 0.1) is 0 Å². The minimum atomic E-state index is 1.09. The van der Waals surface area contributed by atoms with Gasteiger partial charge in [-0.25, -0.2) is 0 Å². The van der Waals surface area contributed by atoms with Crippen LogP contribution >= 0.6 is 0 Å². The quantitative estimate of drug-likeness (QED) is 0.623. The fourth-order valence-electron chi connectivity index (χ4n) is 0.500. The maximum Gasteiger partial charge on any atom is -0.00775 e. The van der Waals surface area contributed by atoms with Crippen LogP contribution in [0.3, 0.4) is 0 Å². The molecule has 0 saturated heterocycles. The van der Waals surface area contributed by atoms with Crippen molar-refractivity contribution in [3.63, 3.8) is 0 Å². The van der Waals surface area contributed by atoms with Gasteiger partial charge in [0, 0.05) is 0 Å². The van der Waals surface area contributed by atoms with Crippen LogP contribution in [0.25, 0.3) is 0 Å². The van der Waals surface area contributed by atoms with E-state index in [1.807, 2.05) is 0 Å². The molecule has 0 aromatic heterocycles. The summed E-state index contributed by atoms with van der Waals surface area (Å²) in [6.07, 6.45) is 0. The molecule has 10 heavy (non-hydrogen) atoms. The van der Waals surface area contributed by atoms with Crippen LogP contribution in [-0.2, 0) is 0 Å². The number of hydrogen-bond donors (Lipinski definition) is 2. The van der Waals surface area contributed by atoms with Gasteiger partial charge < -0.3 is 10.6 Å². The summed E-state index contributed by atoms with van der Waals surface area (Å²) in [7, 11) is 0. The maximum atomic E-state index is 3.11. The van der Waals surface area contributed by atoms with Crippen LogP contribution in [0.1, 0.15) is 27.7 Å². The Balaban J connectivity index is 0. The van der Waals surface area contributed by atoms with Crippen molar-refractivity contribution in [2.24, 2.45) is 0 Å². The van der Waals surface area contributed by atoms with Crippen molar-refractivity contribution in [3.05, 3.63) is 0 Å². The SMILES string of the molecule is CCNCC.CCNCC. The molecular weight excluding hydrogens is 124 g/mol. The summed E-state index contributed by atoms with van der Waals surface area (Å²) in [6.45, 7) is 12.8. The maximum absolute atomic E-state index is 3.11. The van der Waals surface area contributed by atoms with Crippen LogP contribution in [0.5, 0.6) is 0 Å². The minimum Gasteiger partial charge on any atom is -0.317 e. The lowest BCUT2D eigenvalue weighted by Crippen LogP contribution is -2.09. The van der Waals surface area contributed by atoms with E-state index in [4.69, 9.17) is 0 Å². The third-order valence-electron chi connectivity index (χ3n) is 1.000. The van der Waals surface area contributed by atoms with Crippen molar-refractivity contribution < 1.29 is 0 Å². The van der Waals surface area contributed by atoms with E-state index in [0.29, 0.717) is 0 Å². The standard InChI is InChI=1S/2C4H11N/c2*1-3-5-4-2/h2*5H,3-4H2,1-2H3. The van der Waals surface area contributed by atoms with Gasteiger partial charge in [0.25, 0.3) is 0 Å². The van der Waals surface area contributed by atoms with Crippen molar-refractivity contribution in [1.29, 1.82) is 0 Å². The highest BCUT2D eigenvalue weighted by Crippen LogP contribution is 1.48. The highest BCUT2D eigenvalue weighted by molar-refractivity contribution is 4.28. The third kappa shape index (κ3) is 24.7. The van der Waals surface area contributed by atoms with Crippen LogP contribution in [0.4, 0.5) is 0 Å². The van der Waals surface area contributed by atoms with Gasteiger partial charge in [-0.2, -0.15) is 0 Å². The van der Waals surface area contributed by atoms with Crippen LogP contribution in [-0.4, -0.2) is 26.2 Å². The van der Waals surface area contributed by atoms with Gasteiger partial charge in [-0.1, -0.05) is 27.7 Å². The summed E-state index contributed by atoms with van der Waals surface area (Å²) in [4.78, 5) is 0. The first kappa shape index (κ1) is 12.6. The number of nitrogens with one attached hydrogen (secondary N) is 2. The molecule has 2 heteroatoms. The van der Waals surface area contributed by atoms with Gasteiger partial charge in [0.05, 0.1) is 0 Å². The smallest absolute Gasteiger partial charge is 0.00775 e. The molecule has 0 saturated carbocycles. The lowest BCUT2D eigenvalue weighted by atomic mass is 10.7. The number of rotatable bonds is 4. The monoisotopic (exact) mass is 146 g/mol. The van der Waals surface area contributed by atoms with Gasteiger partial charge in [-0.05, 0) is 26.2 Å². The fraction of sp³-hybridized carbons (Fsp3) is 1.00. The Hall–Kier alpha value is -0.0800. The Morgan fingerprint density at radius 1 is 0.600 bits per heavy atom. The first-order valence-corrected chi connectivity index (χ1v) is 4.24. The van der Waals surface area contributed by atoms with Gasteiger partial charge in [-0.15, -0.1) is 0 Å². The molecule has 0 bridgehead atoms. The fourth-order valence-corrected chi connectivity index (χ4v) is 0.500. The molecular formula is C8H22N2. The Morgan fingerprint density at radius 2 is 0.800 bits per heavy atom. The highest BCUT2D eigenvalue weighted by Gasteiger charge is 1.63. The number of hydrogen-bond acceptors (Lipinski definition) is 2. The first-order valence-electron chi connectivity index (χ1n) is 4.24. The lowest BCUT2D eigenvalue weighted by molar-refractivity contribution is 0.762. The van der Waals surface area contributed by atoms with Crippen molar-refractivity contribution in [3.8, 4) is 0 Å². The van der Waals surface area contributed by atoms with E-state index in [0.717, 1.165) is 26.2 Å². The summed E-state index contributed by atoms with van der Waals surface area (Å²) >= 11 is 0. The Bertz CT molecular complexity index is 28.2. The predicted molar refractivity (Wildman–Crippen MR) is 48.4 cm³/mol. The zero-order valence-corrected chi connectivity index (χ0v) is 7.83. The van der Waals surface area contributed by atoms with E-state index in [-0.39, 0.29) is 0 Å². The summed E-state index contributed by atoms with van der Waals surface area (Å²) in [5, 5.41) is 6.22. The molecule has 0 aliphatic heterocycles. The second-order valence-corrected chi connectivity index (χ2v) is 1.91. The van der Waals surface area contributed by atoms with Crippen molar-refractivity contribution in [2.45, 2.75) is 27.7 Å². The second-order valence-electron chi connectivity index (χ2n) is 1.91. The van der Waals surface area contributed by atoms with Gasteiger partial charge >= 0.3 is 0 Å². The van der Waals surface area contributed by atoms with E-state index in [1.54, 1.807) is 0 Å². The summed E-state index contributed by atoms with van der Waals surface area (Å²) < 4.78 is 0. The molecule has 0 fully saturated rings. The molecule has 2 N–H and O–H groups in total. The second kappa shape index (κ2) is 16.0. The summed E-state index contributed by atoms with van der Waals surface area (Å²) in [6, 6.07) is 0. The molecule has 64 valence electrons. The van der Waals surface area contributed by atoms with Crippen LogP contribution < -0.4 is 10.6 Å². The van der Waals surface area contributed by atoms with E-state index >= 15 is 0 Å². The molecule has 0 amide bonds. The van der Waals surface area contributed by atoms with Crippen molar-refractivity contribution in [2.75, 3.05) is 26.2 Å². The molecule has 0 rings (SSSR count). The first-order chi connectivity index (χ1) is 4.83. The van der Waals surface area contributed by atoms with E-state index in [9.17, 15) is 0 Å². The average molecular weight is 146 g/mol. The van der Waals surface area contributed by atoms with Crippen LogP contribution in [0.2, 0.25) is 0 Å². The molecule has 0 aliphatic rings. The molecule has 0 aromatic rings. The van der Waals surface area contributed by atoms with Gasteiger partial charge in [0.15, 0.2) is 0 Å². The average Bonchev–Trinajstić information content (AvgIpc) is 1.93. The molecule has 0 atom stereocenters. The molecule has 0 spiro atoms. The Kier molecular flexibility index (Phi) is 20.1. The molecule has 0 aliphatic carbocycles. The van der Waals surface area contributed by atoms with E-state index < -0.39 is 0 Å². The van der Waals surface area contributed by atoms with Gasteiger partial charge in [-0.3, -0.25) is 0 Å². The van der Waals surface area contributed by atoms with E-state index in [2.05, 4.69) is 38.3 Å². The molecule has 0 radical (unpaired) electrons. The topological polar surface area (TPSA) is 24.1 Å². The summed E-state index contributed by atoms with van der Waals surface area (Å²) in [5.74, 6) is 0. The Morgan fingerprint density at radius 3 is 0.800 bits per heavy atom. The highest BCUT2D eigenvalue weighted by atomic mass is 14.8. The lowest BCUT2D eigenvalue weighted by Gasteiger charge is -1.86. The Labute approximate surface area is 65.4 Å². The van der Waals surface area contributed by atoms with Crippen LogP contribution in [0.15, 0.2) is 0 Å². The van der Waals surface area contributed by atoms with Crippen molar-refractivity contribution in [1.82, 2.24) is 10.6 Å². The third-order valence-corrected chi connectivity index (χ3v) is 1.000. The van der Waals surface area contributed by atoms with Crippen molar-refractivity contribution >= 4 is 0 Å². The minimum absolute atomic E-state index is 1.09. The zero-order chi connectivity index (χ0) is 8.24. The van der Waals surface area contributed by atoms with E-state index in [1.165, 1.54) is 0 Å². The van der Waals surface area contributed by atoms with Gasteiger partial charge in [0.1, 0.15) is 0 Å². The predicted octanol–water partition coefficient (Wildman–Crippen LogP) is 1.23. The molecule has 0 aromatic carbocycles. The largest absolute Gasteiger partial charge is 0.317 e. The molecule has 0 unspecified atom stereocenters.